The molecule has 0 aliphatic rings. The zero-order valence-electron chi connectivity index (χ0n) is 37.7. The average Bonchev–Trinajstić information content (AvgIpc) is 3.32. The molecule has 0 heterocycles. The molecule has 0 aliphatic carbocycles. The van der Waals surface area contributed by atoms with Gasteiger partial charge in [-0.2, -0.15) is 0 Å². The van der Waals surface area contributed by atoms with E-state index in [1.54, 1.807) is 42.5 Å². The van der Waals surface area contributed by atoms with Crippen LogP contribution in [0.5, 0.6) is 0 Å². The molecular weight excluding hydrogens is 663 g/mol. The summed E-state index contributed by atoms with van der Waals surface area (Å²) in [7, 11) is 0. The van der Waals surface area contributed by atoms with Crippen LogP contribution in [0, 0.1) is 0 Å². The molecule has 0 fully saturated rings. The molecule has 10 aromatic carbocycles. The zero-order chi connectivity index (χ0) is 43.5. The smallest absolute Gasteiger partial charge is 0.0645 e. The summed E-state index contributed by atoms with van der Waals surface area (Å²) in [5.41, 5.74) is 4.83. The van der Waals surface area contributed by atoms with E-state index in [9.17, 15) is 11.0 Å². The van der Waals surface area contributed by atoms with E-state index in [1.165, 1.54) is 4.90 Å². The fraction of sp³-hybridized carbons (Fsp3) is 0. The summed E-state index contributed by atoms with van der Waals surface area (Å²) in [4.78, 5) is 1.35. The maximum atomic E-state index is 9.56. The zero-order valence-corrected chi connectivity index (χ0v) is 29.7. The molecule has 1 nitrogen and oxygen atoms in total. The lowest BCUT2D eigenvalue weighted by Gasteiger charge is -2.26. The molecule has 0 atom stereocenters. The maximum absolute atomic E-state index is 9.56. The van der Waals surface area contributed by atoms with E-state index < -0.39 is 12.1 Å². The molecule has 258 valence electrons. The molecular formula is C54H37N. The standard InChI is InChI=1S/C54H37N/c1-2-10-38(11-3-1)39-22-29-48(30-23-39)55(50-33-26-41(27-34-50)45-28-35-54-47(37-45)21-20-43-13-5-7-18-52(43)54)49-31-24-40(25-32-49)44-15-8-16-46(36-44)53-19-9-14-42-12-4-6-17-51(42)53/h1-37H/i22D,23D,24D,25D,29D,30D,31D,32D. The van der Waals surface area contributed by atoms with Crippen molar-refractivity contribution in [2.45, 2.75) is 0 Å². The highest BCUT2D eigenvalue weighted by atomic mass is 15.1. The topological polar surface area (TPSA) is 3.24 Å². The van der Waals surface area contributed by atoms with E-state index in [1.807, 2.05) is 91.0 Å². The molecule has 0 bridgehead atoms. The second kappa shape index (κ2) is 14.0. The predicted molar refractivity (Wildman–Crippen MR) is 235 cm³/mol. The average molecular weight is 708 g/mol. The summed E-state index contributed by atoms with van der Waals surface area (Å²) >= 11 is 0. The largest absolute Gasteiger partial charge is 0.311 e. The molecule has 0 amide bonds. The number of hydrogen-bond acceptors (Lipinski definition) is 1. The van der Waals surface area contributed by atoms with Crippen molar-refractivity contribution in [1.82, 2.24) is 0 Å². The molecule has 0 aromatic heterocycles. The van der Waals surface area contributed by atoms with Crippen LogP contribution in [0.25, 0.3) is 76.8 Å². The Kier molecular flexibility index (Phi) is 6.33. The maximum Gasteiger partial charge on any atom is 0.0645 e. The highest BCUT2D eigenvalue weighted by molar-refractivity contribution is 6.08. The SMILES string of the molecule is [2H]c1c([2H])c(N(c2ccc(-c3ccc4c(ccc5ccccc54)c3)cc2)c2c([2H])c([2H])c(-c3cccc(-c4cccc5ccccc45)c3)c([2H])c2[2H])c([2H])c([2H])c1-c1ccccc1. The molecule has 0 radical (unpaired) electrons. The molecule has 0 unspecified atom stereocenters. The van der Waals surface area contributed by atoms with Gasteiger partial charge in [0.25, 0.3) is 0 Å². The van der Waals surface area contributed by atoms with Crippen LogP contribution in [-0.4, -0.2) is 0 Å². The van der Waals surface area contributed by atoms with Crippen molar-refractivity contribution in [3.8, 4) is 44.5 Å². The Bertz CT molecular complexity index is 3380. The van der Waals surface area contributed by atoms with Gasteiger partial charge in [0.2, 0.25) is 0 Å². The molecule has 10 aromatic rings. The van der Waals surface area contributed by atoms with Gasteiger partial charge < -0.3 is 4.90 Å². The Labute approximate surface area is 333 Å². The van der Waals surface area contributed by atoms with E-state index in [0.29, 0.717) is 16.8 Å². The second-order valence-corrected chi connectivity index (χ2v) is 13.5. The minimum Gasteiger partial charge on any atom is -0.311 e. The van der Waals surface area contributed by atoms with Crippen molar-refractivity contribution in [2.24, 2.45) is 0 Å². The fourth-order valence-electron chi connectivity index (χ4n) is 7.41. The quantitative estimate of drug-likeness (QED) is 0.149. The third-order valence-electron chi connectivity index (χ3n) is 10.2. The minimum absolute atomic E-state index is 0.106. The third-order valence-corrected chi connectivity index (χ3v) is 10.2. The van der Waals surface area contributed by atoms with Crippen molar-refractivity contribution < 1.29 is 11.0 Å². The van der Waals surface area contributed by atoms with E-state index in [-0.39, 0.29) is 58.8 Å². The van der Waals surface area contributed by atoms with Crippen molar-refractivity contribution in [2.75, 3.05) is 4.90 Å². The molecule has 0 aliphatic heterocycles. The third kappa shape index (κ3) is 6.22. The van der Waals surface area contributed by atoms with Gasteiger partial charge in [-0.05, 0) is 125 Å². The molecule has 1 heteroatoms. The Morgan fingerprint density at radius 2 is 0.764 bits per heavy atom. The highest BCUT2D eigenvalue weighted by Crippen LogP contribution is 2.39. The first-order valence-corrected chi connectivity index (χ1v) is 18.3. The van der Waals surface area contributed by atoms with Crippen LogP contribution < -0.4 is 4.90 Å². The summed E-state index contributed by atoms with van der Waals surface area (Å²) in [6.07, 6.45) is 0. The first-order chi connectivity index (χ1) is 30.6. The van der Waals surface area contributed by atoms with Crippen molar-refractivity contribution in [3.63, 3.8) is 0 Å². The van der Waals surface area contributed by atoms with E-state index in [4.69, 9.17) is 0 Å². The van der Waals surface area contributed by atoms with Gasteiger partial charge in [-0.25, -0.2) is 0 Å². The molecule has 0 saturated carbocycles. The summed E-state index contributed by atoms with van der Waals surface area (Å²) in [6, 6.07) is 53.6. The Morgan fingerprint density at radius 1 is 0.273 bits per heavy atom. The number of nitrogens with zero attached hydrogens (tertiary/aromatic N) is 1. The van der Waals surface area contributed by atoms with Gasteiger partial charge in [-0.15, -0.1) is 0 Å². The van der Waals surface area contributed by atoms with Gasteiger partial charge in [0.05, 0.1) is 11.0 Å². The summed E-state index contributed by atoms with van der Waals surface area (Å²) in [5.74, 6) is 0. The van der Waals surface area contributed by atoms with E-state index in [2.05, 4.69) is 42.5 Å². The molecule has 0 saturated heterocycles. The van der Waals surface area contributed by atoms with E-state index >= 15 is 0 Å². The summed E-state index contributed by atoms with van der Waals surface area (Å²) < 4.78 is 75.2. The van der Waals surface area contributed by atoms with Crippen LogP contribution in [-0.2, 0) is 0 Å². The Balaban J connectivity index is 1.14. The molecule has 55 heavy (non-hydrogen) atoms. The fourth-order valence-corrected chi connectivity index (χ4v) is 7.41. The van der Waals surface area contributed by atoms with Gasteiger partial charge in [-0.3, -0.25) is 0 Å². The molecule has 0 N–H and O–H groups in total. The van der Waals surface area contributed by atoms with Crippen LogP contribution in [0.3, 0.4) is 0 Å². The number of fused-ring (bicyclic) bond motifs is 4. The van der Waals surface area contributed by atoms with Crippen molar-refractivity contribution >= 4 is 49.4 Å². The van der Waals surface area contributed by atoms with Gasteiger partial charge in [-0.1, -0.05) is 176 Å². The lowest BCUT2D eigenvalue weighted by atomic mass is 9.95. The van der Waals surface area contributed by atoms with Crippen molar-refractivity contribution in [3.05, 3.63) is 224 Å². The van der Waals surface area contributed by atoms with E-state index in [0.717, 1.165) is 54.6 Å². The first kappa shape index (κ1) is 24.9. The number of hydrogen-bond donors (Lipinski definition) is 0. The first-order valence-electron chi connectivity index (χ1n) is 22.3. The molecule has 0 spiro atoms. The van der Waals surface area contributed by atoms with Gasteiger partial charge in [0, 0.05) is 17.1 Å². The second-order valence-electron chi connectivity index (χ2n) is 13.5. The normalized spacial score (nSPS) is 13.3. The Morgan fingerprint density at radius 3 is 1.51 bits per heavy atom. The van der Waals surface area contributed by atoms with Crippen LogP contribution >= 0.6 is 0 Å². The van der Waals surface area contributed by atoms with Crippen molar-refractivity contribution in [1.29, 1.82) is 0 Å². The Hall–Kier alpha value is -7.22. The van der Waals surface area contributed by atoms with Crippen LogP contribution in [0.2, 0.25) is 0 Å². The van der Waals surface area contributed by atoms with Gasteiger partial charge in [0.15, 0.2) is 0 Å². The van der Waals surface area contributed by atoms with Gasteiger partial charge >= 0.3 is 0 Å². The lowest BCUT2D eigenvalue weighted by Crippen LogP contribution is -2.09. The number of anilines is 3. The lowest BCUT2D eigenvalue weighted by molar-refractivity contribution is 1.28. The minimum atomic E-state index is -0.392. The van der Waals surface area contributed by atoms with Crippen LogP contribution in [0.1, 0.15) is 11.0 Å². The molecule has 10 rings (SSSR count). The highest BCUT2D eigenvalue weighted by Gasteiger charge is 2.15. The number of rotatable bonds is 7. The van der Waals surface area contributed by atoms with Crippen LogP contribution in [0.15, 0.2) is 224 Å². The summed E-state index contributed by atoms with van der Waals surface area (Å²) in [6.45, 7) is 0. The summed E-state index contributed by atoms with van der Waals surface area (Å²) in [5, 5.41) is 6.64. The number of benzene rings is 10. The van der Waals surface area contributed by atoms with Gasteiger partial charge in [0.1, 0.15) is 0 Å². The van der Waals surface area contributed by atoms with Crippen LogP contribution in [0.4, 0.5) is 17.1 Å². The predicted octanol–water partition coefficient (Wildman–Crippen LogP) is 15.3. The monoisotopic (exact) mass is 707 g/mol.